The number of fused-ring (bicyclic) bond motifs is 1. The van der Waals surface area contributed by atoms with Crippen LogP contribution in [0.15, 0.2) is 85.1 Å². The van der Waals surface area contributed by atoms with E-state index < -0.39 is 0 Å². The van der Waals surface area contributed by atoms with Crippen LogP contribution in [-0.2, 0) is 6.42 Å². The average Bonchev–Trinajstić information content (AvgIpc) is 2.80. The van der Waals surface area contributed by atoms with E-state index in [0.717, 1.165) is 34.1 Å². The van der Waals surface area contributed by atoms with Crippen molar-refractivity contribution in [2.24, 2.45) is 0 Å². The van der Waals surface area contributed by atoms with Gasteiger partial charge in [0.25, 0.3) is 5.91 Å². The first-order chi connectivity index (χ1) is 14.7. The van der Waals surface area contributed by atoms with Gasteiger partial charge in [0.2, 0.25) is 0 Å². The minimum Gasteiger partial charge on any atom is -0.321 e. The number of pyridine rings is 1. The van der Waals surface area contributed by atoms with Crippen LogP contribution >= 0.6 is 0 Å². The molecule has 1 heterocycles. The number of unbranched alkanes of at least 4 members (excludes halogenated alkanes) is 2. The molecule has 0 saturated carbocycles. The summed E-state index contributed by atoms with van der Waals surface area (Å²) >= 11 is 0. The molecule has 0 aliphatic rings. The normalized spacial score (nSPS) is 10.8. The van der Waals surface area contributed by atoms with Crippen molar-refractivity contribution in [2.75, 3.05) is 5.32 Å². The van der Waals surface area contributed by atoms with Crippen LogP contribution < -0.4 is 5.32 Å². The zero-order valence-electron chi connectivity index (χ0n) is 17.3. The van der Waals surface area contributed by atoms with Crippen LogP contribution in [0, 0.1) is 0 Å². The van der Waals surface area contributed by atoms with Crippen molar-refractivity contribution in [2.45, 2.75) is 32.6 Å². The highest BCUT2D eigenvalue weighted by atomic mass is 16.1. The molecule has 1 amide bonds. The molecule has 1 N–H and O–H groups in total. The molecule has 0 unspecified atom stereocenters. The molecule has 4 aromatic rings. The van der Waals surface area contributed by atoms with E-state index >= 15 is 0 Å². The molecule has 0 radical (unpaired) electrons. The summed E-state index contributed by atoms with van der Waals surface area (Å²) in [6, 6.07) is 25.8. The van der Waals surface area contributed by atoms with Gasteiger partial charge < -0.3 is 5.32 Å². The van der Waals surface area contributed by atoms with Gasteiger partial charge in [0.15, 0.2) is 0 Å². The van der Waals surface area contributed by atoms with E-state index in [1.165, 1.54) is 24.8 Å². The van der Waals surface area contributed by atoms with Gasteiger partial charge in [-0.25, -0.2) is 0 Å². The lowest BCUT2D eigenvalue weighted by molar-refractivity contribution is 0.102. The summed E-state index contributed by atoms with van der Waals surface area (Å²) in [5, 5.41) is 5.18. The summed E-state index contributed by atoms with van der Waals surface area (Å²) in [4.78, 5) is 17.4. The highest BCUT2D eigenvalue weighted by Gasteiger charge is 2.09. The number of nitrogens with zero attached hydrogens (tertiary/aromatic N) is 1. The number of hydrogen-bond acceptors (Lipinski definition) is 2. The number of anilines is 1. The summed E-state index contributed by atoms with van der Waals surface area (Å²) < 4.78 is 0. The Morgan fingerprint density at radius 3 is 2.43 bits per heavy atom. The molecule has 4 rings (SSSR count). The zero-order chi connectivity index (χ0) is 20.8. The number of aryl methyl sites for hydroxylation is 1. The first-order valence-electron chi connectivity index (χ1n) is 10.6. The molecule has 3 nitrogen and oxygen atoms in total. The Bertz CT molecular complexity index is 1130. The molecule has 0 aliphatic heterocycles. The molecule has 150 valence electrons. The molecule has 3 heteroatoms. The van der Waals surface area contributed by atoms with E-state index in [1.54, 1.807) is 0 Å². The molecule has 1 aromatic heterocycles. The Morgan fingerprint density at radius 2 is 1.67 bits per heavy atom. The first-order valence-corrected chi connectivity index (χ1v) is 10.6. The standard InChI is InChI=1S/C27H26N2O/c1-2-3-4-8-20-13-18-25(28-19-20)22-14-16-23(17-15-22)27(30)29-26-12-7-10-21-9-5-6-11-24(21)26/h5-7,9-19H,2-4,8H2,1H3,(H,29,30). The van der Waals surface area contributed by atoms with Crippen molar-refractivity contribution in [3.05, 3.63) is 96.2 Å². The summed E-state index contributed by atoms with van der Waals surface area (Å²) in [6.07, 6.45) is 6.73. The molecule has 0 aliphatic carbocycles. The average molecular weight is 395 g/mol. The zero-order valence-corrected chi connectivity index (χ0v) is 17.3. The molecule has 0 fully saturated rings. The fourth-order valence-corrected chi connectivity index (χ4v) is 3.64. The largest absolute Gasteiger partial charge is 0.321 e. The van der Waals surface area contributed by atoms with Gasteiger partial charge in [-0.15, -0.1) is 0 Å². The number of rotatable bonds is 7. The molecule has 0 spiro atoms. The molecular formula is C27H26N2O. The third-order valence-electron chi connectivity index (χ3n) is 5.37. The van der Waals surface area contributed by atoms with Gasteiger partial charge in [-0.3, -0.25) is 9.78 Å². The van der Waals surface area contributed by atoms with Crippen molar-refractivity contribution in [3.8, 4) is 11.3 Å². The highest BCUT2D eigenvalue weighted by Crippen LogP contribution is 2.24. The Balaban J connectivity index is 1.46. The summed E-state index contributed by atoms with van der Waals surface area (Å²) in [7, 11) is 0. The SMILES string of the molecule is CCCCCc1ccc(-c2ccc(C(=O)Nc3cccc4ccccc34)cc2)nc1. The summed E-state index contributed by atoms with van der Waals surface area (Å²) in [6.45, 7) is 2.22. The lowest BCUT2D eigenvalue weighted by Crippen LogP contribution is -2.12. The maximum Gasteiger partial charge on any atom is 0.255 e. The second-order valence-corrected chi connectivity index (χ2v) is 7.57. The van der Waals surface area contributed by atoms with E-state index in [1.807, 2.05) is 72.9 Å². The van der Waals surface area contributed by atoms with Crippen molar-refractivity contribution >= 4 is 22.4 Å². The third-order valence-corrected chi connectivity index (χ3v) is 5.37. The Morgan fingerprint density at radius 1 is 0.867 bits per heavy atom. The van der Waals surface area contributed by atoms with Crippen molar-refractivity contribution in [1.82, 2.24) is 4.98 Å². The number of nitrogens with one attached hydrogen (secondary N) is 1. The lowest BCUT2D eigenvalue weighted by atomic mass is 10.1. The smallest absolute Gasteiger partial charge is 0.255 e. The van der Waals surface area contributed by atoms with Gasteiger partial charge in [0, 0.05) is 28.4 Å². The van der Waals surface area contributed by atoms with Crippen LogP contribution in [0.3, 0.4) is 0 Å². The fourth-order valence-electron chi connectivity index (χ4n) is 3.64. The Labute approximate surface area is 177 Å². The van der Waals surface area contributed by atoms with Gasteiger partial charge >= 0.3 is 0 Å². The first kappa shape index (κ1) is 19.8. The predicted molar refractivity (Wildman–Crippen MR) is 125 cm³/mol. The van der Waals surface area contributed by atoms with Crippen molar-refractivity contribution in [1.29, 1.82) is 0 Å². The van der Waals surface area contributed by atoms with E-state index in [9.17, 15) is 4.79 Å². The van der Waals surface area contributed by atoms with Crippen molar-refractivity contribution in [3.63, 3.8) is 0 Å². The molecule has 3 aromatic carbocycles. The second kappa shape index (κ2) is 9.36. The quantitative estimate of drug-likeness (QED) is 0.347. The maximum atomic E-state index is 12.7. The van der Waals surface area contributed by atoms with Crippen molar-refractivity contribution < 1.29 is 4.79 Å². The van der Waals surface area contributed by atoms with Crippen LogP contribution in [0.4, 0.5) is 5.69 Å². The number of aromatic nitrogens is 1. The second-order valence-electron chi connectivity index (χ2n) is 7.57. The van der Waals surface area contributed by atoms with Gasteiger partial charge in [0.1, 0.15) is 0 Å². The van der Waals surface area contributed by atoms with E-state index in [0.29, 0.717) is 5.56 Å². The molecule has 0 bridgehead atoms. The monoisotopic (exact) mass is 394 g/mol. The lowest BCUT2D eigenvalue weighted by Gasteiger charge is -2.09. The van der Waals surface area contributed by atoms with Crippen LogP contribution in [0.2, 0.25) is 0 Å². The van der Waals surface area contributed by atoms with Gasteiger partial charge in [-0.2, -0.15) is 0 Å². The van der Waals surface area contributed by atoms with E-state index in [-0.39, 0.29) is 5.91 Å². The molecular weight excluding hydrogens is 368 g/mol. The number of carbonyl (C=O) groups is 1. The molecule has 30 heavy (non-hydrogen) atoms. The fraction of sp³-hybridized carbons (Fsp3) is 0.185. The third kappa shape index (κ3) is 4.57. The number of amides is 1. The van der Waals surface area contributed by atoms with Gasteiger partial charge in [-0.1, -0.05) is 74.4 Å². The topological polar surface area (TPSA) is 42.0 Å². The van der Waals surface area contributed by atoms with Crippen LogP contribution in [0.25, 0.3) is 22.0 Å². The summed E-state index contributed by atoms with van der Waals surface area (Å²) in [5.74, 6) is -0.114. The maximum absolute atomic E-state index is 12.7. The van der Waals surface area contributed by atoms with Crippen LogP contribution in [0.1, 0.15) is 42.1 Å². The highest BCUT2D eigenvalue weighted by molar-refractivity contribution is 6.09. The molecule has 0 atom stereocenters. The number of carbonyl (C=O) groups excluding carboxylic acids is 1. The van der Waals surface area contributed by atoms with Gasteiger partial charge in [-0.05, 0) is 48.1 Å². The number of hydrogen-bond donors (Lipinski definition) is 1. The Hall–Kier alpha value is -3.46. The van der Waals surface area contributed by atoms with E-state index in [2.05, 4.69) is 29.4 Å². The van der Waals surface area contributed by atoms with Gasteiger partial charge in [0.05, 0.1) is 5.69 Å². The van der Waals surface area contributed by atoms with Crippen LogP contribution in [0.5, 0.6) is 0 Å². The minimum absolute atomic E-state index is 0.114. The summed E-state index contributed by atoms with van der Waals surface area (Å²) in [5.41, 5.74) is 4.66. The predicted octanol–water partition coefficient (Wildman–Crippen LogP) is 6.89. The van der Waals surface area contributed by atoms with Crippen LogP contribution in [-0.4, -0.2) is 10.9 Å². The van der Waals surface area contributed by atoms with E-state index in [4.69, 9.17) is 0 Å². The Kier molecular flexibility index (Phi) is 6.19. The molecule has 0 saturated heterocycles. The minimum atomic E-state index is -0.114. The number of benzene rings is 3.